The molecule has 5 rings (SSSR count). The van der Waals surface area contributed by atoms with Crippen LogP contribution in [-0.2, 0) is 0 Å². The minimum atomic E-state index is -0.728. The maximum absolute atomic E-state index is 15.3. The lowest BCUT2D eigenvalue weighted by Gasteiger charge is -2.41. The van der Waals surface area contributed by atoms with Crippen LogP contribution in [0.4, 0.5) is 15.8 Å². The van der Waals surface area contributed by atoms with Gasteiger partial charge in [-0.15, -0.1) is 6.42 Å². The molecule has 3 aromatic rings. The molecule has 0 aliphatic carbocycles. The second kappa shape index (κ2) is 11.3. The molecule has 2 aliphatic heterocycles. The van der Waals surface area contributed by atoms with Crippen LogP contribution in [0.25, 0.3) is 0 Å². The summed E-state index contributed by atoms with van der Waals surface area (Å²) in [6.45, 7) is 2.66. The average Bonchev–Trinajstić information content (AvgIpc) is 2.87. The van der Waals surface area contributed by atoms with Gasteiger partial charge in [0.15, 0.2) is 0 Å². The lowest BCUT2D eigenvalue weighted by Crippen LogP contribution is -2.45. The summed E-state index contributed by atoms with van der Waals surface area (Å²) in [6, 6.07) is 14.1. The van der Waals surface area contributed by atoms with Gasteiger partial charge in [0.05, 0.1) is 30.0 Å². The highest BCUT2D eigenvalue weighted by Gasteiger charge is 2.32. The number of carbonyl (C=O) groups is 2. The molecular formula is C30H26ClFN4O3. The van der Waals surface area contributed by atoms with Crippen molar-refractivity contribution < 1.29 is 18.7 Å². The summed E-state index contributed by atoms with van der Waals surface area (Å²) in [7, 11) is 1.38. The van der Waals surface area contributed by atoms with E-state index in [4.69, 9.17) is 22.8 Å². The van der Waals surface area contributed by atoms with E-state index in [0.29, 0.717) is 11.3 Å². The van der Waals surface area contributed by atoms with Crippen LogP contribution in [0.5, 0.6) is 5.75 Å². The van der Waals surface area contributed by atoms with Crippen LogP contribution in [-0.4, -0.2) is 49.2 Å². The Balaban J connectivity index is 1.41. The van der Waals surface area contributed by atoms with E-state index in [9.17, 15) is 9.59 Å². The van der Waals surface area contributed by atoms with Crippen molar-refractivity contribution in [3.8, 4) is 18.1 Å². The van der Waals surface area contributed by atoms with Gasteiger partial charge >= 0.3 is 0 Å². The Morgan fingerprint density at radius 1 is 1.08 bits per heavy atom. The quantitative estimate of drug-likeness (QED) is 0.363. The van der Waals surface area contributed by atoms with Crippen LogP contribution in [0.1, 0.15) is 50.7 Å². The van der Waals surface area contributed by atoms with Gasteiger partial charge in [-0.2, -0.15) is 0 Å². The van der Waals surface area contributed by atoms with E-state index in [1.807, 2.05) is 0 Å². The first-order chi connectivity index (χ1) is 18.9. The summed E-state index contributed by atoms with van der Waals surface area (Å²) < 4.78 is 20.7. The second-order valence-corrected chi connectivity index (χ2v) is 9.75. The van der Waals surface area contributed by atoms with E-state index < -0.39 is 17.6 Å². The Kier molecular flexibility index (Phi) is 7.64. The Bertz CT molecular complexity index is 1510. The molecule has 1 saturated heterocycles. The van der Waals surface area contributed by atoms with Gasteiger partial charge in [0.1, 0.15) is 11.6 Å². The standard InChI is InChI=1S/C30H26ClFN4O3/c1-3-18-5-8-21(9-6-18)34-30(38)23-16-20(31)17-26(39-2)27(23)35-29(37)22-10-7-19(15-24(22)32)28(25-11-12-33-25)36-13-4-14-36/h1,5-10,15-17,28H,4,11-14H2,2H3,(H,34,38)(H,35,37). The van der Waals surface area contributed by atoms with Gasteiger partial charge in [0.2, 0.25) is 0 Å². The smallest absolute Gasteiger partial charge is 0.258 e. The number of aliphatic imine (C=N–C) groups is 1. The molecule has 1 fully saturated rings. The van der Waals surface area contributed by atoms with Crippen molar-refractivity contribution in [1.82, 2.24) is 4.90 Å². The molecule has 1 unspecified atom stereocenters. The number of rotatable bonds is 8. The molecule has 39 heavy (non-hydrogen) atoms. The van der Waals surface area contributed by atoms with Crippen LogP contribution in [0.15, 0.2) is 59.6 Å². The van der Waals surface area contributed by atoms with Crippen LogP contribution in [0.3, 0.4) is 0 Å². The van der Waals surface area contributed by atoms with Crippen molar-refractivity contribution in [1.29, 1.82) is 0 Å². The van der Waals surface area contributed by atoms with Crippen LogP contribution in [0.2, 0.25) is 5.02 Å². The summed E-state index contributed by atoms with van der Waals surface area (Å²) >= 11 is 6.23. The molecule has 198 valence electrons. The Hall–Kier alpha value is -4.19. The fourth-order valence-corrected chi connectivity index (χ4v) is 4.85. The van der Waals surface area contributed by atoms with Crippen LogP contribution in [0, 0.1) is 18.2 Å². The zero-order valence-corrected chi connectivity index (χ0v) is 22.0. The van der Waals surface area contributed by atoms with E-state index in [1.54, 1.807) is 30.3 Å². The molecule has 0 bridgehead atoms. The largest absolute Gasteiger partial charge is 0.494 e. The molecule has 9 heteroatoms. The molecule has 7 nitrogen and oxygen atoms in total. The number of halogens is 2. The van der Waals surface area contributed by atoms with Crippen LogP contribution >= 0.6 is 11.6 Å². The maximum Gasteiger partial charge on any atom is 0.258 e. The number of anilines is 2. The number of nitrogens with one attached hydrogen (secondary N) is 2. The third-order valence-corrected chi connectivity index (χ3v) is 7.11. The van der Waals surface area contributed by atoms with Crippen molar-refractivity contribution in [3.63, 3.8) is 0 Å². The van der Waals surface area contributed by atoms with Gasteiger partial charge in [-0.05, 0) is 54.4 Å². The Morgan fingerprint density at radius 2 is 1.79 bits per heavy atom. The molecule has 3 aromatic carbocycles. The molecule has 2 amide bonds. The third-order valence-electron chi connectivity index (χ3n) is 6.89. The highest BCUT2D eigenvalue weighted by atomic mass is 35.5. The summed E-state index contributed by atoms with van der Waals surface area (Å²) in [6.07, 6.45) is 7.38. The number of terminal acetylenes is 1. The molecule has 0 aromatic heterocycles. The molecule has 0 radical (unpaired) electrons. The normalized spacial score (nSPS) is 15.2. The molecule has 2 N–H and O–H groups in total. The molecular weight excluding hydrogens is 519 g/mol. The Morgan fingerprint density at radius 3 is 2.36 bits per heavy atom. The third kappa shape index (κ3) is 5.51. The molecule has 1 atom stereocenters. The second-order valence-electron chi connectivity index (χ2n) is 9.31. The number of hydrogen-bond acceptors (Lipinski definition) is 5. The summed E-state index contributed by atoms with van der Waals surface area (Å²) in [5.41, 5.74) is 2.91. The fourth-order valence-electron chi connectivity index (χ4n) is 4.64. The van der Waals surface area contributed by atoms with Crippen molar-refractivity contribution in [2.75, 3.05) is 37.4 Å². The summed E-state index contributed by atoms with van der Waals surface area (Å²) in [5, 5.41) is 5.63. The Labute approximate surface area is 231 Å². The van der Waals surface area contributed by atoms with E-state index in [2.05, 4.69) is 26.4 Å². The number of nitrogens with zero attached hydrogens (tertiary/aromatic N) is 2. The molecule has 0 saturated carbocycles. The number of amides is 2. The van der Waals surface area contributed by atoms with Crippen molar-refractivity contribution in [2.24, 2.45) is 4.99 Å². The number of methoxy groups -OCH3 is 1. The minimum absolute atomic E-state index is 0.0478. The minimum Gasteiger partial charge on any atom is -0.494 e. The van der Waals surface area contributed by atoms with Gasteiger partial charge in [0, 0.05) is 54.1 Å². The lowest BCUT2D eigenvalue weighted by atomic mass is 9.92. The van der Waals surface area contributed by atoms with Gasteiger partial charge in [-0.3, -0.25) is 19.5 Å². The number of benzene rings is 3. The fraction of sp³-hybridized carbons (Fsp3) is 0.233. The summed E-state index contributed by atoms with van der Waals surface area (Å²) in [4.78, 5) is 33.2. The SMILES string of the molecule is C#Cc1ccc(NC(=O)c2cc(Cl)cc(OC)c2NC(=O)c2ccc(C(C3=NCC3)N3CCC3)cc2F)cc1. The van der Waals surface area contributed by atoms with Crippen LogP contribution < -0.4 is 15.4 Å². The van der Waals surface area contributed by atoms with Gasteiger partial charge < -0.3 is 15.4 Å². The monoisotopic (exact) mass is 544 g/mol. The van der Waals surface area contributed by atoms with Gasteiger partial charge in [-0.25, -0.2) is 4.39 Å². The van der Waals surface area contributed by atoms with E-state index in [1.165, 1.54) is 31.4 Å². The average molecular weight is 545 g/mol. The number of hydrogen-bond donors (Lipinski definition) is 2. The zero-order chi connectivity index (χ0) is 27.5. The zero-order valence-electron chi connectivity index (χ0n) is 21.3. The highest BCUT2D eigenvalue weighted by molar-refractivity contribution is 6.31. The first-order valence-corrected chi connectivity index (χ1v) is 12.9. The first-order valence-electron chi connectivity index (χ1n) is 12.5. The van der Waals surface area contributed by atoms with E-state index in [0.717, 1.165) is 43.8 Å². The number of ether oxygens (including phenoxy) is 1. The topological polar surface area (TPSA) is 83.0 Å². The highest BCUT2D eigenvalue weighted by Crippen LogP contribution is 2.35. The predicted octanol–water partition coefficient (Wildman–Crippen LogP) is 5.57. The number of carbonyl (C=O) groups excluding carboxylic acids is 2. The van der Waals surface area contributed by atoms with Crippen molar-refractivity contribution in [2.45, 2.75) is 18.9 Å². The van der Waals surface area contributed by atoms with Gasteiger partial charge in [-0.1, -0.05) is 23.6 Å². The number of likely N-dealkylation sites (tertiary alicyclic amines) is 1. The molecule has 0 spiro atoms. The molecule has 2 aliphatic rings. The molecule has 2 heterocycles. The lowest BCUT2D eigenvalue weighted by molar-refractivity contribution is 0.102. The summed E-state index contributed by atoms with van der Waals surface area (Å²) in [5.74, 6) is 0.727. The van der Waals surface area contributed by atoms with Crippen molar-refractivity contribution >= 4 is 40.5 Å². The predicted molar refractivity (Wildman–Crippen MR) is 151 cm³/mol. The maximum atomic E-state index is 15.3. The van der Waals surface area contributed by atoms with Gasteiger partial charge in [0.25, 0.3) is 11.8 Å². The van der Waals surface area contributed by atoms with E-state index >= 15 is 4.39 Å². The van der Waals surface area contributed by atoms with Crippen molar-refractivity contribution in [3.05, 3.63) is 87.7 Å². The van der Waals surface area contributed by atoms with E-state index in [-0.39, 0.29) is 33.6 Å². The first kappa shape index (κ1) is 26.4.